The summed E-state index contributed by atoms with van der Waals surface area (Å²) in [6.07, 6.45) is 7.15. The van der Waals surface area contributed by atoms with Crippen LogP contribution in [0.1, 0.15) is 27.9 Å². The van der Waals surface area contributed by atoms with Gasteiger partial charge in [-0.05, 0) is 60.2 Å². The molecule has 0 spiro atoms. The Hall–Kier alpha value is -3.22. The molecule has 0 atom stereocenters. The van der Waals surface area contributed by atoms with Gasteiger partial charge >= 0.3 is 0 Å². The van der Waals surface area contributed by atoms with Crippen LogP contribution in [0.5, 0.6) is 0 Å². The zero-order valence-electron chi connectivity index (χ0n) is 17.1. The van der Waals surface area contributed by atoms with Crippen molar-refractivity contribution in [2.24, 2.45) is 0 Å². The molecule has 2 heterocycles. The molecule has 6 heteroatoms. The van der Waals surface area contributed by atoms with Gasteiger partial charge in [0.1, 0.15) is 0 Å². The summed E-state index contributed by atoms with van der Waals surface area (Å²) in [5.74, 6) is -0.523. The second-order valence-corrected chi connectivity index (χ2v) is 7.63. The predicted octanol–water partition coefficient (Wildman–Crippen LogP) is 3.30. The van der Waals surface area contributed by atoms with Gasteiger partial charge in [-0.2, -0.15) is 5.10 Å². The molecular weight excluding hydrogens is 376 g/mol. The van der Waals surface area contributed by atoms with Crippen molar-refractivity contribution in [1.82, 2.24) is 20.2 Å². The Morgan fingerprint density at radius 2 is 2.03 bits per heavy atom. The molecule has 0 saturated heterocycles. The van der Waals surface area contributed by atoms with E-state index in [2.05, 4.69) is 47.4 Å². The number of hydrogen-bond acceptors (Lipinski definition) is 4. The zero-order chi connectivity index (χ0) is 20.9. The molecule has 2 aromatic carbocycles. The van der Waals surface area contributed by atoms with Crippen LogP contribution in [0.3, 0.4) is 0 Å². The number of carbonyl (C=O) groups excluding carboxylic acids is 1. The van der Waals surface area contributed by atoms with Crippen LogP contribution in [0.25, 0.3) is 11.8 Å². The van der Waals surface area contributed by atoms with Gasteiger partial charge in [-0.15, -0.1) is 0 Å². The number of benzene rings is 2. The number of nitrogens with one attached hydrogen (secondary N) is 1. The van der Waals surface area contributed by atoms with Crippen LogP contribution in [0, 0.1) is 6.92 Å². The average molecular weight is 402 g/mol. The van der Waals surface area contributed by atoms with Crippen molar-refractivity contribution in [2.45, 2.75) is 26.3 Å². The molecule has 0 radical (unpaired) electrons. The van der Waals surface area contributed by atoms with Gasteiger partial charge in [0.05, 0.1) is 11.4 Å². The topological polar surface area (TPSA) is 70.4 Å². The highest BCUT2D eigenvalue weighted by molar-refractivity contribution is 5.90. The Bertz CT molecular complexity index is 1060. The number of hydroxylamine groups is 1. The van der Waals surface area contributed by atoms with Crippen LogP contribution in [0.15, 0.2) is 60.8 Å². The molecule has 1 aliphatic heterocycles. The normalized spacial score (nSPS) is 14.1. The molecule has 0 unspecified atom stereocenters. The van der Waals surface area contributed by atoms with E-state index in [1.165, 1.54) is 22.8 Å². The first kappa shape index (κ1) is 20.1. The number of hydrogen-bond donors (Lipinski definition) is 2. The Kier molecular flexibility index (Phi) is 6.07. The van der Waals surface area contributed by atoms with E-state index in [0.29, 0.717) is 0 Å². The maximum absolute atomic E-state index is 11.2. The molecule has 1 aromatic heterocycles. The smallest absolute Gasteiger partial charge is 0.267 e. The molecule has 154 valence electrons. The number of para-hydroxylation sites is 1. The first-order valence-electron chi connectivity index (χ1n) is 10.2. The fourth-order valence-electron chi connectivity index (χ4n) is 3.87. The lowest BCUT2D eigenvalue weighted by atomic mass is 9.97. The fraction of sp³-hybridized carbons (Fsp3) is 0.250. The van der Waals surface area contributed by atoms with Gasteiger partial charge in [-0.3, -0.25) is 14.9 Å². The molecule has 4 rings (SSSR count). The number of fused-ring (bicyclic) bond motifs is 1. The molecule has 1 amide bonds. The first-order chi connectivity index (χ1) is 14.6. The van der Waals surface area contributed by atoms with Gasteiger partial charge in [-0.25, -0.2) is 10.2 Å². The lowest BCUT2D eigenvalue weighted by Crippen LogP contribution is -2.32. The van der Waals surface area contributed by atoms with E-state index in [1.54, 1.807) is 11.6 Å². The number of nitrogens with zero attached hydrogens (tertiary/aromatic N) is 3. The quantitative estimate of drug-likeness (QED) is 0.377. The van der Waals surface area contributed by atoms with E-state index in [0.717, 1.165) is 49.4 Å². The lowest BCUT2D eigenvalue weighted by molar-refractivity contribution is -0.124. The van der Waals surface area contributed by atoms with Gasteiger partial charge in [0.25, 0.3) is 5.91 Å². The third kappa shape index (κ3) is 4.67. The summed E-state index contributed by atoms with van der Waals surface area (Å²) in [5.41, 5.74) is 8.69. The second kappa shape index (κ2) is 9.07. The minimum Gasteiger partial charge on any atom is -0.298 e. The summed E-state index contributed by atoms with van der Waals surface area (Å²) in [6.45, 7) is 5.02. The summed E-state index contributed by atoms with van der Waals surface area (Å²) in [7, 11) is 0. The van der Waals surface area contributed by atoms with E-state index in [-0.39, 0.29) is 0 Å². The van der Waals surface area contributed by atoms with Crippen molar-refractivity contribution >= 4 is 12.0 Å². The standard InChI is InChI=1S/C24H26N4O2/c1-18-21(17-28(25-18)23-5-3-2-4-6-23)12-14-27-13-11-20-15-19(7-9-22(20)16-27)8-10-24(29)26-30/h2-10,15,17,30H,11-14,16H2,1H3,(H,26,29)/b10-8+. The van der Waals surface area contributed by atoms with Crippen molar-refractivity contribution in [1.29, 1.82) is 0 Å². The van der Waals surface area contributed by atoms with Crippen LogP contribution in [0.2, 0.25) is 0 Å². The first-order valence-corrected chi connectivity index (χ1v) is 10.2. The fourth-order valence-corrected chi connectivity index (χ4v) is 3.87. The summed E-state index contributed by atoms with van der Waals surface area (Å²) < 4.78 is 1.96. The van der Waals surface area contributed by atoms with Crippen molar-refractivity contribution in [3.05, 3.63) is 88.8 Å². The zero-order valence-corrected chi connectivity index (χ0v) is 17.1. The largest absolute Gasteiger partial charge is 0.298 e. The number of amides is 1. The monoisotopic (exact) mass is 402 g/mol. The molecule has 30 heavy (non-hydrogen) atoms. The summed E-state index contributed by atoms with van der Waals surface area (Å²) in [5, 5.41) is 13.3. The van der Waals surface area contributed by atoms with Crippen LogP contribution >= 0.6 is 0 Å². The summed E-state index contributed by atoms with van der Waals surface area (Å²) in [4.78, 5) is 13.6. The SMILES string of the molecule is Cc1nn(-c2ccccc2)cc1CCN1CCc2cc(/C=C/C(=O)NO)ccc2C1. The highest BCUT2D eigenvalue weighted by Crippen LogP contribution is 2.22. The lowest BCUT2D eigenvalue weighted by Gasteiger charge is -2.29. The van der Waals surface area contributed by atoms with Crippen LogP contribution in [-0.2, 0) is 24.2 Å². The van der Waals surface area contributed by atoms with Gasteiger partial charge < -0.3 is 0 Å². The summed E-state index contributed by atoms with van der Waals surface area (Å²) >= 11 is 0. The molecule has 1 aliphatic rings. The van der Waals surface area contributed by atoms with E-state index in [1.807, 2.05) is 28.9 Å². The third-order valence-electron chi connectivity index (χ3n) is 5.58. The number of aryl methyl sites for hydroxylation is 1. The van der Waals surface area contributed by atoms with Crippen LogP contribution < -0.4 is 5.48 Å². The van der Waals surface area contributed by atoms with E-state index in [9.17, 15) is 4.79 Å². The van der Waals surface area contributed by atoms with Crippen molar-refractivity contribution in [2.75, 3.05) is 13.1 Å². The van der Waals surface area contributed by atoms with Crippen LogP contribution in [0.4, 0.5) is 0 Å². The van der Waals surface area contributed by atoms with E-state index >= 15 is 0 Å². The molecule has 6 nitrogen and oxygen atoms in total. The Morgan fingerprint density at radius 3 is 2.83 bits per heavy atom. The molecule has 2 N–H and O–H groups in total. The van der Waals surface area contributed by atoms with Gasteiger partial charge in [0, 0.05) is 31.9 Å². The van der Waals surface area contributed by atoms with E-state index in [4.69, 9.17) is 5.21 Å². The Balaban J connectivity index is 1.37. The van der Waals surface area contributed by atoms with Crippen LogP contribution in [-0.4, -0.2) is 38.9 Å². The van der Waals surface area contributed by atoms with Gasteiger partial charge in [-0.1, -0.05) is 36.4 Å². The maximum atomic E-state index is 11.2. The molecule has 3 aromatic rings. The summed E-state index contributed by atoms with van der Waals surface area (Å²) in [6, 6.07) is 16.5. The Morgan fingerprint density at radius 1 is 1.20 bits per heavy atom. The highest BCUT2D eigenvalue weighted by Gasteiger charge is 2.17. The van der Waals surface area contributed by atoms with E-state index < -0.39 is 5.91 Å². The van der Waals surface area contributed by atoms with Crippen molar-refractivity contribution < 1.29 is 10.0 Å². The maximum Gasteiger partial charge on any atom is 0.267 e. The molecular formula is C24H26N4O2. The van der Waals surface area contributed by atoms with Crippen molar-refractivity contribution in [3.63, 3.8) is 0 Å². The Labute approximate surface area is 176 Å². The molecule has 0 fully saturated rings. The molecule has 0 aliphatic carbocycles. The number of carbonyl (C=O) groups is 1. The van der Waals surface area contributed by atoms with Gasteiger partial charge in [0.15, 0.2) is 0 Å². The molecule has 0 saturated carbocycles. The predicted molar refractivity (Wildman–Crippen MR) is 116 cm³/mol. The van der Waals surface area contributed by atoms with Gasteiger partial charge in [0.2, 0.25) is 0 Å². The number of aromatic nitrogens is 2. The highest BCUT2D eigenvalue weighted by atomic mass is 16.5. The molecule has 0 bridgehead atoms. The minimum atomic E-state index is -0.523. The average Bonchev–Trinajstić information content (AvgIpc) is 3.17. The third-order valence-corrected chi connectivity index (χ3v) is 5.58. The van der Waals surface area contributed by atoms with Crippen molar-refractivity contribution in [3.8, 4) is 5.69 Å². The second-order valence-electron chi connectivity index (χ2n) is 7.63. The minimum absolute atomic E-state index is 0.523. The number of rotatable bonds is 6.